The summed E-state index contributed by atoms with van der Waals surface area (Å²) in [6.07, 6.45) is 6.67. The Morgan fingerprint density at radius 3 is 2.58 bits per heavy atom. The van der Waals surface area contributed by atoms with E-state index in [1.807, 2.05) is 26.0 Å². The van der Waals surface area contributed by atoms with Crippen molar-refractivity contribution in [3.05, 3.63) is 76.4 Å². The molecule has 4 rings (SSSR count). The third-order valence-electron chi connectivity index (χ3n) is 6.25. The molecule has 0 aliphatic carbocycles. The van der Waals surface area contributed by atoms with Gasteiger partial charge >= 0.3 is 0 Å². The first-order valence-corrected chi connectivity index (χ1v) is 12.6. The molecular weight excluding hydrogens is 485 g/mol. The maximum absolute atomic E-state index is 13.6. The van der Waals surface area contributed by atoms with E-state index in [0.29, 0.717) is 52.4 Å². The number of aryl methyl sites for hydroxylation is 1. The first-order valence-electron chi connectivity index (χ1n) is 12.6. The molecule has 0 bridgehead atoms. The minimum Gasteiger partial charge on any atom is -0.397 e. The van der Waals surface area contributed by atoms with Crippen molar-refractivity contribution in [1.82, 2.24) is 10.3 Å². The van der Waals surface area contributed by atoms with Gasteiger partial charge in [-0.3, -0.25) is 14.4 Å². The summed E-state index contributed by atoms with van der Waals surface area (Å²) in [5, 5.41) is 8.18. The van der Waals surface area contributed by atoms with Gasteiger partial charge in [-0.2, -0.15) is 0 Å². The Kier molecular flexibility index (Phi) is 9.81. The number of nitrogens with two attached hydrogens (primary N) is 1. The number of nitrogens with one attached hydrogen (secondary N) is 4. The lowest BCUT2D eigenvalue weighted by atomic mass is 10.0. The highest BCUT2D eigenvalue weighted by molar-refractivity contribution is 6.34. The standard InChI is InChI=1S/C22H26FN3O2.C7H8N2O/c1-4-5-6-7-10-24-22(28)20-13(2)19(25-14(20)3)12-17-16-11-15(23)8-9-18(16)26-21(17)27;8-6-3-1-2-4-7(6)9-5-10/h8-9,11-12,25H,4-7,10H2,1-3H3,(H,24,28)(H,26,27);1-5H,8H2,(H,9,10)/b17-12-;. The highest BCUT2D eigenvalue weighted by Crippen LogP contribution is 2.34. The molecule has 6 N–H and O–H groups in total. The molecule has 1 aromatic heterocycles. The van der Waals surface area contributed by atoms with E-state index < -0.39 is 5.82 Å². The Morgan fingerprint density at radius 2 is 1.87 bits per heavy atom. The summed E-state index contributed by atoms with van der Waals surface area (Å²) >= 11 is 0. The maximum Gasteiger partial charge on any atom is 0.256 e. The van der Waals surface area contributed by atoms with Crippen molar-refractivity contribution in [2.45, 2.75) is 46.5 Å². The summed E-state index contributed by atoms with van der Waals surface area (Å²) < 4.78 is 13.6. The zero-order valence-corrected chi connectivity index (χ0v) is 21.9. The molecule has 0 saturated carbocycles. The Bertz CT molecular complexity index is 1350. The van der Waals surface area contributed by atoms with Crippen LogP contribution in [0.1, 0.15) is 65.5 Å². The van der Waals surface area contributed by atoms with Gasteiger partial charge in [-0.25, -0.2) is 4.39 Å². The predicted octanol–water partition coefficient (Wildman–Crippen LogP) is 5.41. The number of hydrogen-bond donors (Lipinski definition) is 5. The van der Waals surface area contributed by atoms with Crippen molar-refractivity contribution in [3.63, 3.8) is 0 Å². The number of para-hydroxylation sites is 2. The Balaban J connectivity index is 0.000000336. The average molecular weight is 520 g/mol. The maximum atomic E-state index is 13.6. The smallest absolute Gasteiger partial charge is 0.256 e. The van der Waals surface area contributed by atoms with E-state index in [1.54, 1.807) is 24.3 Å². The Morgan fingerprint density at radius 1 is 1.11 bits per heavy atom. The molecule has 3 amide bonds. The Labute approximate surface area is 221 Å². The average Bonchev–Trinajstić information content (AvgIpc) is 3.35. The largest absolute Gasteiger partial charge is 0.397 e. The number of benzene rings is 2. The van der Waals surface area contributed by atoms with Crippen molar-refractivity contribution >= 4 is 46.9 Å². The van der Waals surface area contributed by atoms with Gasteiger partial charge in [0.05, 0.1) is 22.5 Å². The summed E-state index contributed by atoms with van der Waals surface area (Å²) in [6, 6.07) is 11.3. The lowest BCUT2D eigenvalue weighted by molar-refractivity contribution is -0.110. The first-order chi connectivity index (χ1) is 18.3. The van der Waals surface area contributed by atoms with Gasteiger partial charge in [-0.15, -0.1) is 0 Å². The van der Waals surface area contributed by atoms with Gasteiger partial charge in [0.25, 0.3) is 11.8 Å². The molecule has 2 aromatic carbocycles. The number of rotatable bonds is 9. The van der Waals surface area contributed by atoms with E-state index >= 15 is 0 Å². The van der Waals surface area contributed by atoms with Crippen LogP contribution in [0.2, 0.25) is 0 Å². The first kappa shape index (κ1) is 28.2. The van der Waals surface area contributed by atoms with Gasteiger partial charge in [0, 0.05) is 29.2 Å². The van der Waals surface area contributed by atoms with Gasteiger partial charge in [0.1, 0.15) is 5.82 Å². The van der Waals surface area contributed by atoms with Crippen LogP contribution in [0, 0.1) is 19.7 Å². The van der Waals surface area contributed by atoms with Crippen molar-refractivity contribution < 1.29 is 18.8 Å². The van der Waals surface area contributed by atoms with Crippen LogP contribution in [0.4, 0.5) is 21.5 Å². The fourth-order valence-corrected chi connectivity index (χ4v) is 4.24. The predicted molar refractivity (Wildman–Crippen MR) is 150 cm³/mol. The number of unbranched alkanes of at least 4 members (excludes halogenated alkanes) is 3. The number of H-pyrrole nitrogens is 1. The quantitative estimate of drug-likeness (QED) is 0.112. The fourth-order valence-electron chi connectivity index (χ4n) is 4.24. The number of carbonyl (C=O) groups is 3. The van der Waals surface area contributed by atoms with Gasteiger partial charge in [-0.1, -0.05) is 38.3 Å². The number of aromatic amines is 1. The molecule has 9 heteroatoms. The molecule has 0 atom stereocenters. The second kappa shape index (κ2) is 13.2. The number of halogens is 1. The number of hydrogen-bond acceptors (Lipinski definition) is 4. The number of amides is 3. The van der Waals surface area contributed by atoms with Crippen molar-refractivity contribution in [1.29, 1.82) is 0 Å². The van der Waals surface area contributed by atoms with Gasteiger partial charge in [0.15, 0.2) is 0 Å². The fraction of sp³-hybridized carbons (Fsp3) is 0.276. The number of anilines is 3. The minimum absolute atomic E-state index is 0.116. The summed E-state index contributed by atoms with van der Waals surface area (Å²) in [7, 11) is 0. The topological polar surface area (TPSA) is 129 Å². The molecule has 0 radical (unpaired) electrons. The molecule has 0 spiro atoms. The second-order valence-corrected chi connectivity index (χ2v) is 9.03. The van der Waals surface area contributed by atoms with E-state index in [1.165, 1.54) is 18.6 Å². The molecule has 1 aliphatic rings. The second-order valence-electron chi connectivity index (χ2n) is 9.03. The highest BCUT2D eigenvalue weighted by atomic mass is 19.1. The number of carbonyl (C=O) groups excluding carboxylic acids is 3. The van der Waals surface area contributed by atoms with Crippen molar-refractivity contribution in [3.8, 4) is 0 Å². The van der Waals surface area contributed by atoms with Gasteiger partial charge < -0.3 is 26.7 Å². The normalized spacial score (nSPS) is 12.8. The molecule has 0 unspecified atom stereocenters. The highest BCUT2D eigenvalue weighted by Gasteiger charge is 2.26. The van der Waals surface area contributed by atoms with Crippen LogP contribution in [-0.2, 0) is 9.59 Å². The number of aromatic nitrogens is 1. The van der Waals surface area contributed by atoms with Crippen LogP contribution in [0.25, 0.3) is 11.6 Å². The van der Waals surface area contributed by atoms with Crippen molar-refractivity contribution in [2.24, 2.45) is 0 Å². The van der Waals surface area contributed by atoms with Crippen LogP contribution in [0.15, 0.2) is 42.5 Å². The third-order valence-corrected chi connectivity index (χ3v) is 6.25. The molecule has 8 nitrogen and oxygen atoms in total. The lowest BCUT2D eigenvalue weighted by Crippen LogP contribution is -2.25. The zero-order valence-electron chi connectivity index (χ0n) is 21.9. The minimum atomic E-state index is -0.399. The van der Waals surface area contributed by atoms with Crippen molar-refractivity contribution in [2.75, 3.05) is 22.9 Å². The lowest BCUT2D eigenvalue weighted by Gasteiger charge is -2.06. The molecule has 0 saturated heterocycles. The molecule has 3 aromatic rings. The van der Waals surface area contributed by atoms with Crippen LogP contribution < -0.4 is 21.7 Å². The monoisotopic (exact) mass is 519 g/mol. The van der Waals surface area contributed by atoms with Crippen LogP contribution >= 0.6 is 0 Å². The third kappa shape index (κ3) is 6.88. The van der Waals surface area contributed by atoms with Crippen LogP contribution in [-0.4, -0.2) is 29.8 Å². The van der Waals surface area contributed by atoms with Crippen LogP contribution in [0.3, 0.4) is 0 Å². The molecule has 1 aliphatic heterocycles. The molecular formula is C29H34FN5O3. The van der Waals surface area contributed by atoms with E-state index in [2.05, 4.69) is 27.9 Å². The molecule has 2 heterocycles. The SMILES string of the molecule is CCCCCCNC(=O)c1c(C)[nH]c(/C=C2\C(=O)Nc3ccc(F)cc32)c1C.Nc1ccccc1NC=O. The Hall–Kier alpha value is -4.40. The summed E-state index contributed by atoms with van der Waals surface area (Å²) in [5.41, 5.74) is 11.0. The summed E-state index contributed by atoms with van der Waals surface area (Å²) in [5.74, 6) is -0.799. The van der Waals surface area contributed by atoms with E-state index in [4.69, 9.17) is 5.73 Å². The van der Waals surface area contributed by atoms with Gasteiger partial charge in [-0.05, 0) is 62.2 Å². The number of nitrogen functional groups attached to an aromatic ring is 1. The van der Waals surface area contributed by atoms with E-state index in [9.17, 15) is 18.8 Å². The van der Waals surface area contributed by atoms with Crippen LogP contribution in [0.5, 0.6) is 0 Å². The zero-order chi connectivity index (χ0) is 27.7. The molecule has 0 fully saturated rings. The summed E-state index contributed by atoms with van der Waals surface area (Å²) in [6.45, 7) is 6.48. The number of fused-ring (bicyclic) bond motifs is 1. The van der Waals surface area contributed by atoms with E-state index in [-0.39, 0.29) is 11.8 Å². The summed E-state index contributed by atoms with van der Waals surface area (Å²) in [4.78, 5) is 38.1. The molecule has 38 heavy (non-hydrogen) atoms. The van der Waals surface area contributed by atoms with Gasteiger partial charge in [0.2, 0.25) is 6.41 Å². The van der Waals surface area contributed by atoms with E-state index in [0.717, 1.165) is 30.5 Å². The molecule has 200 valence electrons.